The average Bonchev–Trinajstić information content (AvgIpc) is 2.75. The molecule has 0 fully saturated rings. The summed E-state index contributed by atoms with van der Waals surface area (Å²) in [4.78, 5) is 7.84. The van der Waals surface area contributed by atoms with Gasteiger partial charge in [0.1, 0.15) is 5.82 Å². The van der Waals surface area contributed by atoms with Gasteiger partial charge in [-0.05, 0) is 6.92 Å². The van der Waals surface area contributed by atoms with Gasteiger partial charge in [-0.15, -0.1) is 0 Å². The molecule has 1 unspecified atom stereocenters. The Morgan fingerprint density at radius 1 is 1.44 bits per heavy atom. The van der Waals surface area contributed by atoms with Crippen molar-refractivity contribution in [2.75, 3.05) is 12.4 Å². The Morgan fingerprint density at radius 3 is 2.78 bits per heavy atom. The van der Waals surface area contributed by atoms with Gasteiger partial charge in [0.2, 0.25) is 5.65 Å². The maximum atomic E-state index is 12.4. The second kappa shape index (κ2) is 4.35. The van der Waals surface area contributed by atoms with Crippen LogP contribution in [0.4, 0.5) is 19.0 Å². The molecule has 0 saturated carbocycles. The van der Waals surface area contributed by atoms with Gasteiger partial charge in [-0.2, -0.15) is 18.2 Å². The number of nitrogens with one attached hydrogen (secondary N) is 1. The van der Waals surface area contributed by atoms with Gasteiger partial charge in [-0.3, -0.25) is 4.40 Å². The molecule has 1 atom stereocenters. The summed E-state index contributed by atoms with van der Waals surface area (Å²) in [6, 6.07) is 0. The highest BCUT2D eigenvalue weighted by molar-refractivity contribution is 5.53. The number of aromatic nitrogens is 3. The van der Waals surface area contributed by atoms with Gasteiger partial charge in [-0.25, -0.2) is 4.98 Å². The zero-order chi connectivity index (χ0) is 13.3. The summed E-state index contributed by atoms with van der Waals surface area (Å²) in [6.07, 6.45) is -1.73. The molecule has 0 spiro atoms. The van der Waals surface area contributed by atoms with Crippen LogP contribution in [0.15, 0.2) is 18.6 Å². The highest BCUT2D eigenvalue weighted by Gasteiger charge is 2.38. The SMILES string of the molecule is CNc1cn2ccnc2c(OC(C)C(F)(F)F)n1. The third-order valence-corrected chi connectivity index (χ3v) is 2.35. The summed E-state index contributed by atoms with van der Waals surface area (Å²) in [5.74, 6) is 0.238. The van der Waals surface area contributed by atoms with Crippen LogP contribution in [-0.4, -0.2) is 33.7 Å². The van der Waals surface area contributed by atoms with Crippen LogP contribution in [0.25, 0.3) is 5.65 Å². The Morgan fingerprint density at radius 2 is 2.17 bits per heavy atom. The highest BCUT2D eigenvalue weighted by atomic mass is 19.4. The largest absolute Gasteiger partial charge is 0.462 e. The second-order valence-electron chi connectivity index (χ2n) is 3.64. The topological polar surface area (TPSA) is 51.5 Å². The molecule has 0 aliphatic rings. The number of nitrogens with zero attached hydrogens (tertiary/aromatic N) is 3. The molecule has 0 radical (unpaired) electrons. The summed E-state index contributed by atoms with van der Waals surface area (Å²) in [7, 11) is 1.61. The van der Waals surface area contributed by atoms with Crippen LogP contribution in [0.1, 0.15) is 6.92 Å². The molecule has 8 heteroatoms. The van der Waals surface area contributed by atoms with E-state index < -0.39 is 12.3 Å². The van der Waals surface area contributed by atoms with Crippen molar-refractivity contribution in [3.63, 3.8) is 0 Å². The Labute approximate surface area is 101 Å². The molecule has 98 valence electrons. The van der Waals surface area contributed by atoms with Crippen molar-refractivity contribution in [1.82, 2.24) is 14.4 Å². The number of anilines is 1. The maximum Gasteiger partial charge on any atom is 0.425 e. The fourth-order valence-electron chi connectivity index (χ4n) is 1.34. The third-order valence-electron chi connectivity index (χ3n) is 2.35. The predicted molar refractivity (Wildman–Crippen MR) is 58.7 cm³/mol. The minimum absolute atomic E-state index is 0.156. The molecule has 0 aliphatic heterocycles. The van der Waals surface area contributed by atoms with Gasteiger partial charge in [-0.1, -0.05) is 0 Å². The van der Waals surface area contributed by atoms with Gasteiger partial charge in [0.25, 0.3) is 5.88 Å². The normalized spacial score (nSPS) is 13.6. The van der Waals surface area contributed by atoms with Crippen LogP contribution in [0, 0.1) is 0 Å². The van der Waals surface area contributed by atoms with Crippen molar-refractivity contribution in [3.8, 4) is 5.88 Å². The first-order valence-electron chi connectivity index (χ1n) is 5.16. The van der Waals surface area contributed by atoms with E-state index in [4.69, 9.17) is 4.74 Å². The number of halogens is 3. The van der Waals surface area contributed by atoms with E-state index in [2.05, 4.69) is 15.3 Å². The first-order chi connectivity index (χ1) is 8.41. The average molecular weight is 260 g/mol. The molecule has 18 heavy (non-hydrogen) atoms. The first-order valence-corrected chi connectivity index (χ1v) is 5.16. The van der Waals surface area contributed by atoms with Crippen molar-refractivity contribution in [2.24, 2.45) is 0 Å². The smallest absolute Gasteiger partial charge is 0.425 e. The fraction of sp³-hybridized carbons (Fsp3) is 0.400. The highest BCUT2D eigenvalue weighted by Crippen LogP contribution is 2.26. The van der Waals surface area contributed by atoms with Crippen molar-refractivity contribution < 1.29 is 17.9 Å². The summed E-state index contributed by atoms with van der Waals surface area (Å²) < 4.78 is 43.7. The Balaban J connectivity index is 2.40. The summed E-state index contributed by atoms with van der Waals surface area (Å²) >= 11 is 0. The molecule has 5 nitrogen and oxygen atoms in total. The molecule has 0 saturated heterocycles. The van der Waals surface area contributed by atoms with Gasteiger partial charge in [0.05, 0.1) is 6.20 Å². The first kappa shape index (κ1) is 12.5. The van der Waals surface area contributed by atoms with Crippen molar-refractivity contribution in [2.45, 2.75) is 19.2 Å². The number of rotatable bonds is 3. The molecular weight excluding hydrogens is 249 g/mol. The van der Waals surface area contributed by atoms with E-state index in [1.807, 2.05) is 0 Å². The van der Waals surface area contributed by atoms with Crippen LogP contribution in [0.2, 0.25) is 0 Å². The van der Waals surface area contributed by atoms with Crippen LogP contribution >= 0.6 is 0 Å². The van der Waals surface area contributed by atoms with E-state index in [9.17, 15) is 13.2 Å². The van der Waals surface area contributed by atoms with E-state index in [-0.39, 0.29) is 11.5 Å². The van der Waals surface area contributed by atoms with Crippen molar-refractivity contribution in [1.29, 1.82) is 0 Å². The molecule has 1 N–H and O–H groups in total. The van der Waals surface area contributed by atoms with Gasteiger partial charge in [0.15, 0.2) is 6.10 Å². The number of hydrogen-bond acceptors (Lipinski definition) is 4. The number of hydrogen-bond donors (Lipinski definition) is 1. The molecule has 0 aromatic carbocycles. The van der Waals surface area contributed by atoms with Gasteiger partial charge < -0.3 is 10.1 Å². The van der Waals surface area contributed by atoms with Crippen molar-refractivity contribution in [3.05, 3.63) is 18.6 Å². The predicted octanol–water partition coefficient (Wildman–Crippen LogP) is 2.10. The van der Waals surface area contributed by atoms with E-state index in [1.165, 1.54) is 10.6 Å². The quantitative estimate of drug-likeness (QED) is 0.918. The number of ether oxygens (including phenoxy) is 1. The minimum Gasteiger partial charge on any atom is -0.462 e. The fourth-order valence-corrected chi connectivity index (χ4v) is 1.34. The van der Waals surface area contributed by atoms with E-state index >= 15 is 0 Å². The zero-order valence-electron chi connectivity index (χ0n) is 9.69. The monoisotopic (exact) mass is 260 g/mol. The lowest BCUT2D eigenvalue weighted by atomic mass is 10.4. The molecular formula is C10H11F3N4O. The summed E-state index contributed by atoms with van der Waals surface area (Å²) in [5, 5.41) is 2.74. The molecule has 0 amide bonds. The van der Waals surface area contributed by atoms with Crippen LogP contribution in [-0.2, 0) is 0 Å². The van der Waals surface area contributed by atoms with E-state index in [0.29, 0.717) is 5.82 Å². The van der Waals surface area contributed by atoms with E-state index in [1.54, 1.807) is 19.4 Å². The number of alkyl halides is 3. The number of imidazole rings is 1. The standard InChI is InChI=1S/C10H11F3N4O/c1-6(10(11,12)13)18-9-8-15-3-4-17(8)5-7(14-2)16-9/h3-6,14H,1-2H3. The van der Waals surface area contributed by atoms with Gasteiger partial charge in [0, 0.05) is 19.4 Å². The second-order valence-corrected chi connectivity index (χ2v) is 3.64. The molecule has 0 aliphatic carbocycles. The molecule has 2 aromatic heterocycles. The summed E-state index contributed by atoms with van der Waals surface area (Å²) in [5.41, 5.74) is 0.241. The van der Waals surface area contributed by atoms with Crippen LogP contribution in [0.5, 0.6) is 5.88 Å². The van der Waals surface area contributed by atoms with Crippen LogP contribution < -0.4 is 10.1 Å². The van der Waals surface area contributed by atoms with Crippen molar-refractivity contribution >= 4 is 11.5 Å². The molecule has 0 bridgehead atoms. The molecule has 2 heterocycles. The van der Waals surface area contributed by atoms with E-state index in [0.717, 1.165) is 6.92 Å². The zero-order valence-corrected chi connectivity index (χ0v) is 9.69. The molecule has 2 aromatic rings. The molecule has 2 rings (SSSR count). The van der Waals surface area contributed by atoms with Crippen LogP contribution in [0.3, 0.4) is 0 Å². The third kappa shape index (κ3) is 2.31. The lowest BCUT2D eigenvalue weighted by Gasteiger charge is -2.17. The Kier molecular flexibility index (Phi) is 3.02. The maximum absolute atomic E-state index is 12.4. The minimum atomic E-state index is -4.44. The summed E-state index contributed by atoms with van der Waals surface area (Å²) in [6.45, 7) is 0.924. The lowest BCUT2D eigenvalue weighted by molar-refractivity contribution is -0.189. The Hall–Kier alpha value is -1.99. The lowest BCUT2D eigenvalue weighted by Crippen LogP contribution is -2.31. The van der Waals surface area contributed by atoms with Gasteiger partial charge >= 0.3 is 6.18 Å². The Bertz CT molecular complexity index is 552. The number of fused-ring (bicyclic) bond motifs is 1.